The third-order valence-corrected chi connectivity index (χ3v) is 1.99. The lowest BCUT2D eigenvalue weighted by atomic mass is 10.1. The van der Waals surface area contributed by atoms with Gasteiger partial charge < -0.3 is 11.1 Å². The van der Waals surface area contributed by atoms with Crippen LogP contribution in [-0.2, 0) is 0 Å². The molecule has 78 valence electrons. The lowest BCUT2D eigenvalue weighted by Gasteiger charge is -2.10. The maximum Gasteiger partial charge on any atom is 0.123 e. The van der Waals surface area contributed by atoms with Crippen LogP contribution in [0.1, 0.15) is 13.8 Å². The molecule has 0 heterocycles. The molecule has 0 aromatic rings. The number of hydrogen-bond acceptors (Lipinski definition) is 2. The summed E-state index contributed by atoms with van der Waals surface area (Å²) < 4.78 is 0. The standard InChI is InChI=1S/C11H19N3/c1-6-11(12)14-9(3)7-8(2)10(4)13-5/h6-7,10,13H,1,3H2,2,4-5H3,(H2,12,14)/b8-7+. The third-order valence-electron chi connectivity index (χ3n) is 1.99. The Morgan fingerprint density at radius 2 is 2.14 bits per heavy atom. The molecule has 0 bridgehead atoms. The van der Waals surface area contributed by atoms with Crippen molar-refractivity contribution in [3.05, 3.63) is 36.6 Å². The average Bonchev–Trinajstić information content (AvgIpc) is 2.15. The van der Waals surface area contributed by atoms with Crippen molar-refractivity contribution in [3.8, 4) is 0 Å². The van der Waals surface area contributed by atoms with Gasteiger partial charge in [0.15, 0.2) is 0 Å². The molecule has 1 atom stereocenters. The number of nitrogens with one attached hydrogen (secondary N) is 1. The molecule has 0 saturated heterocycles. The minimum Gasteiger partial charge on any atom is -0.384 e. The van der Waals surface area contributed by atoms with Gasteiger partial charge in [0, 0.05) is 6.04 Å². The highest BCUT2D eigenvalue weighted by Gasteiger charge is 1.99. The smallest absolute Gasteiger partial charge is 0.123 e. The van der Waals surface area contributed by atoms with E-state index >= 15 is 0 Å². The first-order valence-electron chi connectivity index (χ1n) is 4.52. The van der Waals surface area contributed by atoms with Gasteiger partial charge in [-0.15, -0.1) is 0 Å². The van der Waals surface area contributed by atoms with Crippen molar-refractivity contribution in [2.75, 3.05) is 7.05 Å². The van der Waals surface area contributed by atoms with Crippen LogP contribution in [0.5, 0.6) is 0 Å². The van der Waals surface area contributed by atoms with Crippen molar-refractivity contribution in [2.45, 2.75) is 19.9 Å². The number of nitrogens with two attached hydrogens (primary N) is 1. The third kappa shape index (κ3) is 4.62. The Morgan fingerprint density at radius 1 is 1.57 bits per heavy atom. The Morgan fingerprint density at radius 3 is 2.57 bits per heavy atom. The zero-order chi connectivity index (χ0) is 11.1. The molecule has 3 N–H and O–H groups in total. The molecular weight excluding hydrogens is 174 g/mol. The van der Waals surface area contributed by atoms with E-state index in [1.165, 1.54) is 6.08 Å². The van der Waals surface area contributed by atoms with Gasteiger partial charge in [-0.1, -0.05) is 18.7 Å². The van der Waals surface area contributed by atoms with Gasteiger partial charge in [-0.2, -0.15) is 0 Å². The fourth-order valence-corrected chi connectivity index (χ4v) is 0.859. The Bertz CT molecular complexity index is 274. The Kier molecular flexibility index (Phi) is 5.56. The Labute approximate surface area is 86.1 Å². The average molecular weight is 193 g/mol. The van der Waals surface area contributed by atoms with Gasteiger partial charge in [-0.05, 0) is 33.0 Å². The Hall–Kier alpha value is -1.35. The normalized spacial score (nSPS) is 15.1. The van der Waals surface area contributed by atoms with E-state index in [1.54, 1.807) is 0 Å². The number of amidine groups is 1. The molecule has 0 aliphatic heterocycles. The van der Waals surface area contributed by atoms with Gasteiger partial charge in [0.25, 0.3) is 0 Å². The van der Waals surface area contributed by atoms with E-state index in [-0.39, 0.29) is 0 Å². The molecule has 1 unspecified atom stereocenters. The summed E-state index contributed by atoms with van der Waals surface area (Å²) in [5.74, 6) is 0.385. The Balaban J connectivity index is 4.51. The molecule has 0 aromatic carbocycles. The van der Waals surface area contributed by atoms with Crippen molar-refractivity contribution in [1.29, 1.82) is 0 Å². The molecule has 0 saturated carbocycles. The number of hydrogen-bond donors (Lipinski definition) is 2. The first-order valence-corrected chi connectivity index (χ1v) is 4.52. The van der Waals surface area contributed by atoms with Gasteiger partial charge in [0.1, 0.15) is 5.84 Å². The summed E-state index contributed by atoms with van der Waals surface area (Å²) in [4.78, 5) is 4.03. The van der Waals surface area contributed by atoms with E-state index in [9.17, 15) is 0 Å². The van der Waals surface area contributed by atoms with Crippen LogP contribution < -0.4 is 11.1 Å². The lowest BCUT2D eigenvalue weighted by molar-refractivity contribution is 0.691. The SMILES string of the molecule is C=CC(N)=NC(=C)/C=C(\C)C(C)NC. The summed E-state index contributed by atoms with van der Waals surface area (Å²) in [6.07, 6.45) is 3.40. The maximum atomic E-state index is 5.48. The van der Waals surface area contributed by atoms with E-state index in [4.69, 9.17) is 5.73 Å². The fraction of sp³-hybridized carbons (Fsp3) is 0.364. The molecular formula is C11H19N3. The van der Waals surface area contributed by atoms with Gasteiger partial charge in [0.05, 0.1) is 5.70 Å². The molecule has 0 aromatic heterocycles. The first kappa shape index (κ1) is 12.7. The van der Waals surface area contributed by atoms with Gasteiger partial charge in [-0.3, -0.25) is 0 Å². The van der Waals surface area contributed by atoms with Crippen LogP contribution in [0.4, 0.5) is 0 Å². The number of aliphatic imine (C=N–C) groups is 1. The summed E-state index contributed by atoms with van der Waals surface area (Å²) >= 11 is 0. The van der Waals surface area contributed by atoms with Crippen molar-refractivity contribution in [1.82, 2.24) is 5.32 Å². The molecule has 0 rings (SSSR count). The number of allylic oxidation sites excluding steroid dienone is 1. The topological polar surface area (TPSA) is 50.4 Å². The molecule has 14 heavy (non-hydrogen) atoms. The minimum absolute atomic E-state index is 0.312. The predicted octanol–water partition coefficient (Wildman–Crippen LogP) is 1.60. The zero-order valence-corrected chi connectivity index (χ0v) is 9.17. The molecule has 0 fully saturated rings. The summed E-state index contributed by atoms with van der Waals surface area (Å²) in [6, 6.07) is 0.312. The highest BCUT2D eigenvalue weighted by Crippen LogP contribution is 2.05. The first-order chi connectivity index (χ1) is 6.51. The van der Waals surface area contributed by atoms with Gasteiger partial charge in [-0.25, -0.2) is 4.99 Å². The van der Waals surface area contributed by atoms with Gasteiger partial charge >= 0.3 is 0 Å². The minimum atomic E-state index is 0.312. The van der Waals surface area contributed by atoms with Crippen molar-refractivity contribution < 1.29 is 0 Å². The zero-order valence-electron chi connectivity index (χ0n) is 9.17. The van der Waals surface area contributed by atoms with Crippen LogP contribution >= 0.6 is 0 Å². The molecule has 3 heteroatoms. The monoisotopic (exact) mass is 193 g/mol. The predicted molar refractivity (Wildman–Crippen MR) is 63.2 cm³/mol. The van der Waals surface area contributed by atoms with Crippen LogP contribution in [-0.4, -0.2) is 18.9 Å². The second-order valence-electron chi connectivity index (χ2n) is 3.13. The van der Waals surface area contributed by atoms with Gasteiger partial charge in [0.2, 0.25) is 0 Å². The van der Waals surface area contributed by atoms with Crippen molar-refractivity contribution >= 4 is 5.84 Å². The van der Waals surface area contributed by atoms with Crippen LogP contribution in [0.2, 0.25) is 0 Å². The summed E-state index contributed by atoms with van der Waals surface area (Å²) in [7, 11) is 1.91. The second kappa shape index (κ2) is 6.16. The molecule has 0 amide bonds. The van der Waals surface area contributed by atoms with E-state index in [2.05, 4.69) is 30.4 Å². The van der Waals surface area contributed by atoms with Crippen molar-refractivity contribution in [3.63, 3.8) is 0 Å². The number of likely N-dealkylation sites (N-methyl/N-ethyl adjacent to an activating group) is 1. The fourth-order valence-electron chi connectivity index (χ4n) is 0.859. The largest absolute Gasteiger partial charge is 0.384 e. The molecule has 3 nitrogen and oxygen atoms in total. The number of nitrogens with zero attached hydrogens (tertiary/aromatic N) is 1. The van der Waals surface area contributed by atoms with E-state index in [0.29, 0.717) is 17.6 Å². The van der Waals surface area contributed by atoms with Crippen LogP contribution in [0, 0.1) is 0 Å². The quantitative estimate of drug-likeness (QED) is 0.396. The molecule has 0 spiro atoms. The summed E-state index contributed by atoms with van der Waals surface area (Å²) in [6.45, 7) is 11.4. The highest BCUT2D eigenvalue weighted by atomic mass is 14.9. The second-order valence-corrected chi connectivity index (χ2v) is 3.13. The molecule has 0 aliphatic carbocycles. The molecule has 0 aliphatic rings. The maximum absolute atomic E-state index is 5.48. The van der Waals surface area contributed by atoms with Crippen LogP contribution in [0.3, 0.4) is 0 Å². The molecule has 0 radical (unpaired) electrons. The van der Waals surface area contributed by atoms with E-state index < -0.39 is 0 Å². The van der Waals surface area contributed by atoms with Crippen molar-refractivity contribution in [2.24, 2.45) is 10.7 Å². The highest BCUT2D eigenvalue weighted by molar-refractivity contribution is 5.91. The summed E-state index contributed by atoms with van der Waals surface area (Å²) in [5.41, 5.74) is 7.29. The lowest BCUT2D eigenvalue weighted by Crippen LogP contribution is -2.22. The van der Waals surface area contributed by atoms with Crippen LogP contribution in [0.25, 0.3) is 0 Å². The number of rotatable bonds is 5. The summed E-state index contributed by atoms with van der Waals surface area (Å²) in [5, 5.41) is 3.13. The van der Waals surface area contributed by atoms with Crippen LogP contribution in [0.15, 0.2) is 41.6 Å². The van der Waals surface area contributed by atoms with E-state index in [1.807, 2.05) is 20.0 Å². The van der Waals surface area contributed by atoms with E-state index in [0.717, 1.165) is 5.57 Å².